The predicted molar refractivity (Wildman–Crippen MR) is 109 cm³/mol. The van der Waals surface area contributed by atoms with Crippen molar-refractivity contribution in [3.8, 4) is 5.75 Å². The van der Waals surface area contributed by atoms with Crippen molar-refractivity contribution in [3.63, 3.8) is 0 Å². The zero-order valence-electron chi connectivity index (χ0n) is 17.6. The molecule has 0 radical (unpaired) electrons. The molecule has 6 rings (SSSR count). The monoisotopic (exact) mass is 457 g/mol. The fourth-order valence-corrected chi connectivity index (χ4v) is 6.02. The number of nitrogens with zero attached hydrogens (tertiary/aromatic N) is 2. The summed E-state index contributed by atoms with van der Waals surface area (Å²) in [5.74, 6) is -2.41. The zero-order chi connectivity index (χ0) is 23.2. The molecule has 5 unspecified atom stereocenters. The van der Waals surface area contributed by atoms with Gasteiger partial charge in [0.05, 0.1) is 12.6 Å². The Morgan fingerprint density at radius 1 is 1.27 bits per heavy atom. The second-order valence-corrected chi connectivity index (χ2v) is 9.30. The molecule has 1 saturated heterocycles. The van der Waals surface area contributed by atoms with Gasteiger partial charge in [0.1, 0.15) is 17.2 Å². The van der Waals surface area contributed by atoms with Crippen LogP contribution in [0.5, 0.6) is 5.75 Å². The first-order chi connectivity index (χ1) is 15.8. The number of hydrogen-bond donors (Lipinski definition) is 2. The molecule has 2 N–H and O–H groups in total. The number of aromatic hydroxyl groups is 1. The summed E-state index contributed by atoms with van der Waals surface area (Å²) in [6.07, 6.45) is 1.55. The molecule has 8 nitrogen and oxygen atoms in total. The van der Waals surface area contributed by atoms with Gasteiger partial charge in [0.2, 0.25) is 5.43 Å². The number of hydrogen-bond acceptors (Lipinski definition) is 5. The van der Waals surface area contributed by atoms with Gasteiger partial charge in [-0.1, -0.05) is 13.0 Å². The average Bonchev–Trinajstić information content (AvgIpc) is 3.34. The van der Waals surface area contributed by atoms with Gasteiger partial charge in [-0.2, -0.15) is 0 Å². The maximum Gasteiger partial charge on any atom is 0.276 e. The Balaban J connectivity index is 1.29. The number of carbonyl (C=O) groups excluding carboxylic acids is 2. The molecule has 6 atom stereocenters. The van der Waals surface area contributed by atoms with Crippen molar-refractivity contribution in [2.24, 2.45) is 17.8 Å². The number of rotatable bonds is 3. The van der Waals surface area contributed by atoms with E-state index in [9.17, 15) is 28.3 Å². The lowest BCUT2D eigenvalue weighted by molar-refractivity contribution is -0.147. The Labute approximate surface area is 186 Å². The van der Waals surface area contributed by atoms with Crippen LogP contribution in [0.2, 0.25) is 0 Å². The number of amides is 2. The third-order valence-corrected chi connectivity index (χ3v) is 7.61. The fourth-order valence-electron chi connectivity index (χ4n) is 6.02. The third kappa shape index (κ3) is 2.86. The van der Waals surface area contributed by atoms with Crippen molar-refractivity contribution in [2.75, 3.05) is 0 Å². The van der Waals surface area contributed by atoms with Crippen molar-refractivity contribution >= 4 is 11.8 Å². The van der Waals surface area contributed by atoms with E-state index in [-0.39, 0.29) is 42.1 Å². The highest BCUT2D eigenvalue weighted by Gasteiger charge is 2.67. The van der Waals surface area contributed by atoms with Gasteiger partial charge in [0, 0.05) is 30.4 Å². The largest absolute Gasteiger partial charge is 0.503 e. The number of nitrogens with one attached hydrogen (secondary N) is 1. The Kier molecular flexibility index (Phi) is 4.23. The Hall–Kier alpha value is -3.27. The highest BCUT2D eigenvalue weighted by atomic mass is 19.1. The van der Waals surface area contributed by atoms with Crippen LogP contribution in [0.25, 0.3) is 0 Å². The van der Waals surface area contributed by atoms with Crippen LogP contribution in [0.15, 0.2) is 29.2 Å². The molecular weight excluding hydrogens is 436 g/mol. The highest BCUT2D eigenvalue weighted by molar-refractivity contribution is 5.99. The first kappa shape index (κ1) is 20.3. The van der Waals surface area contributed by atoms with Gasteiger partial charge in [0.25, 0.3) is 11.8 Å². The van der Waals surface area contributed by atoms with Crippen molar-refractivity contribution in [3.05, 3.63) is 63.1 Å². The number of aromatic nitrogens is 1. The van der Waals surface area contributed by atoms with Crippen molar-refractivity contribution in [2.45, 2.75) is 44.8 Å². The summed E-state index contributed by atoms with van der Waals surface area (Å²) >= 11 is 0. The van der Waals surface area contributed by atoms with E-state index in [1.54, 1.807) is 4.90 Å². The summed E-state index contributed by atoms with van der Waals surface area (Å²) in [6, 6.07) is 2.97. The van der Waals surface area contributed by atoms with E-state index in [0.717, 1.165) is 12.5 Å². The normalized spacial score (nSPS) is 31.0. The molecule has 1 aromatic carbocycles. The standard InChI is InChI=1S/C23H21F2N3O5/c1-9-17-14-5-15(18(9)17)33-16-8-27-7-12(20(29)21(30)19(27)23(32)28(14)16)22(31)26-6-10-2-3-11(24)4-13(10)25/h2-4,7,9,14-18,30H,5-6,8H2,1H3,(H,26,31)/t9-,14?,15?,16?,17?,18?/m1/s1. The smallest absolute Gasteiger partial charge is 0.276 e. The molecule has 2 aromatic rings. The molecule has 3 fully saturated rings. The molecule has 10 heteroatoms. The van der Waals surface area contributed by atoms with Crippen molar-refractivity contribution in [1.82, 2.24) is 14.8 Å². The van der Waals surface area contributed by atoms with Gasteiger partial charge >= 0.3 is 0 Å². The molecule has 0 spiro atoms. The SMILES string of the molecule is C[C@H]1C2C3CC(C21)N1C(=O)c2c(O)c(=O)c(C(=O)NCc4ccc(F)cc4F)cn2CC1O3. The number of halogens is 2. The summed E-state index contributed by atoms with van der Waals surface area (Å²) in [5.41, 5.74) is -1.48. The third-order valence-electron chi connectivity index (χ3n) is 7.61. The number of fused-ring (bicyclic) bond motifs is 8. The van der Waals surface area contributed by atoms with Gasteiger partial charge in [-0.05, 0) is 30.2 Å². The van der Waals surface area contributed by atoms with Crippen LogP contribution < -0.4 is 10.7 Å². The Morgan fingerprint density at radius 2 is 2.06 bits per heavy atom. The van der Waals surface area contributed by atoms with Gasteiger partial charge in [0.15, 0.2) is 17.7 Å². The van der Waals surface area contributed by atoms with E-state index in [4.69, 9.17) is 4.74 Å². The second kappa shape index (κ2) is 6.86. The van der Waals surface area contributed by atoms with Gasteiger partial charge in [-0.25, -0.2) is 8.78 Å². The quantitative estimate of drug-likeness (QED) is 0.729. The molecular formula is C23H21F2N3O5. The topological polar surface area (TPSA) is 101 Å². The molecule has 2 amide bonds. The fraction of sp³-hybridized carbons (Fsp3) is 0.435. The number of benzene rings is 1. The summed E-state index contributed by atoms with van der Waals surface area (Å²) in [4.78, 5) is 40.3. The minimum Gasteiger partial charge on any atom is -0.503 e. The zero-order valence-corrected chi connectivity index (χ0v) is 17.6. The molecule has 3 heterocycles. The maximum absolute atomic E-state index is 13.8. The number of carbonyl (C=O) groups is 2. The summed E-state index contributed by atoms with van der Waals surface area (Å²) < 4.78 is 34.5. The lowest BCUT2D eigenvalue weighted by atomic mass is 10.00. The summed E-state index contributed by atoms with van der Waals surface area (Å²) in [7, 11) is 0. The second-order valence-electron chi connectivity index (χ2n) is 9.30. The highest BCUT2D eigenvalue weighted by Crippen LogP contribution is 2.62. The van der Waals surface area contributed by atoms with E-state index < -0.39 is 40.9 Å². The molecule has 4 aliphatic rings. The van der Waals surface area contributed by atoms with E-state index in [1.807, 2.05) is 0 Å². The molecule has 2 saturated carbocycles. The molecule has 33 heavy (non-hydrogen) atoms. The van der Waals surface area contributed by atoms with Crippen molar-refractivity contribution in [1.29, 1.82) is 0 Å². The van der Waals surface area contributed by atoms with E-state index >= 15 is 0 Å². The van der Waals surface area contributed by atoms with E-state index in [2.05, 4.69) is 12.2 Å². The Morgan fingerprint density at radius 3 is 2.82 bits per heavy atom. The van der Waals surface area contributed by atoms with Gasteiger partial charge < -0.3 is 24.6 Å². The lowest BCUT2D eigenvalue weighted by Gasteiger charge is -2.46. The van der Waals surface area contributed by atoms with Gasteiger partial charge in [-0.3, -0.25) is 14.4 Å². The number of ether oxygens (including phenoxy) is 1. The predicted octanol–water partition coefficient (Wildman–Crippen LogP) is 1.60. The lowest BCUT2D eigenvalue weighted by Crippen LogP contribution is -2.58. The molecule has 172 valence electrons. The number of pyridine rings is 1. The van der Waals surface area contributed by atoms with E-state index in [1.165, 1.54) is 16.8 Å². The first-order valence-corrected chi connectivity index (χ1v) is 10.9. The van der Waals surface area contributed by atoms with Crippen LogP contribution in [-0.4, -0.2) is 44.8 Å². The van der Waals surface area contributed by atoms with E-state index in [0.29, 0.717) is 23.8 Å². The van der Waals surface area contributed by atoms with Crippen LogP contribution in [0.4, 0.5) is 8.78 Å². The van der Waals surface area contributed by atoms with Gasteiger partial charge in [-0.15, -0.1) is 0 Å². The van der Waals surface area contributed by atoms with Crippen LogP contribution >= 0.6 is 0 Å². The van der Waals surface area contributed by atoms with Crippen LogP contribution in [0, 0.1) is 29.4 Å². The van der Waals surface area contributed by atoms with Crippen LogP contribution in [0.3, 0.4) is 0 Å². The summed E-state index contributed by atoms with van der Waals surface area (Å²) in [6.45, 7) is 2.05. The molecule has 2 aliphatic heterocycles. The minimum atomic E-state index is -0.981. The Bertz CT molecular complexity index is 1280. The van der Waals surface area contributed by atoms with Crippen LogP contribution in [0.1, 0.15) is 39.8 Å². The summed E-state index contributed by atoms with van der Waals surface area (Å²) in [5, 5.41) is 13.0. The molecule has 2 aliphatic carbocycles. The maximum atomic E-state index is 13.8. The van der Waals surface area contributed by atoms with Crippen molar-refractivity contribution < 1.29 is 28.2 Å². The molecule has 1 aromatic heterocycles. The first-order valence-electron chi connectivity index (χ1n) is 10.9. The average molecular weight is 457 g/mol. The van der Waals surface area contributed by atoms with Crippen LogP contribution in [-0.2, 0) is 17.8 Å². The molecule has 2 bridgehead atoms. The minimum absolute atomic E-state index is 0.0260.